The van der Waals surface area contributed by atoms with Gasteiger partial charge in [-0.05, 0) is 48.1 Å². The number of nitrogens with zero attached hydrogens (tertiary/aromatic N) is 1. The second-order valence-electron chi connectivity index (χ2n) is 4.08. The highest BCUT2D eigenvalue weighted by Crippen LogP contribution is 2.14. The summed E-state index contributed by atoms with van der Waals surface area (Å²) in [5.41, 5.74) is 1.34. The molecule has 1 aromatic heterocycles. The predicted molar refractivity (Wildman–Crippen MR) is 76.4 cm³/mol. The second kappa shape index (κ2) is 6.62. The van der Waals surface area contributed by atoms with Crippen molar-refractivity contribution >= 4 is 22.5 Å². The number of hydrogen-bond acceptors (Lipinski definition) is 3. The van der Waals surface area contributed by atoms with Gasteiger partial charge in [0.25, 0.3) is 0 Å². The first-order valence-electron chi connectivity index (χ1n) is 5.92. The van der Waals surface area contributed by atoms with Crippen LogP contribution in [-0.2, 0) is 6.54 Å². The zero-order chi connectivity index (χ0) is 11.9. The van der Waals surface area contributed by atoms with Crippen molar-refractivity contribution in [2.75, 3.05) is 18.6 Å². The second-order valence-corrected chi connectivity index (χ2v) is 5.07. The maximum atomic E-state index is 4.12. The molecule has 0 atom stereocenters. The van der Waals surface area contributed by atoms with Crippen molar-refractivity contribution in [1.82, 2.24) is 10.3 Å². The van der Waals surface area contributed by atoms with E-state index in [-0.39, 0.29) is 0 Å². The Labute approximate surface area is 107 Å². The summed E-state index contributed by atoms with van der Waals surface area (Å²) in [5, 5.41) is 5.95. The highest BCUT2D eigenvalue weighted by Gasteiger charge is 1.96. The van der Waals surface area contributed by atoms with E-state index >= 15 is 0 Å². The van der Waals surface area contributed by atoms with Gasteiger partial charge in [-0.1, -0.05) is 12.1 Å². The van der Waals surface area contributed by atoms with E-state index in [1.165, 1.54) is 28.5 Å². The van der Waals surface area contributed by atoms with E-state index < -0.39 is 0 Å². The van der Waals surface area contributed by atoms with E-state index in [4.69, 9.17) is 0 Å². The topological polar surface area (TPSA) is 24.9 Å². The van der Waals surface area contributed by atoms with Crippen LogP contribution >= 0.6 is 11.8 Å². The molecule has 2 rings (SSSR count). The monoisotopic (exact) mass is 246 g/mol. The van der Waals surface area contributed by atoms with Crippen LogP contribution in [-0.4, -0.2) is 23.5 Å². The molecule has 1 N–H and O–H groups in total. The Morgan fingerprint density at radius 2 is 2.18 bits per heavy atom. The van der Waals surface area contributed by atoms with Crippen molar-refractivity contribution in [3.8, 4) is 0 Å². The number of rotatable bonds is 6. The molecule has 0 fully saturated rings. The van der Waals surface area contributed by atoms with Crippen molar-refractivity contribution in [2.45, 2.75) is 13.0 Å². The Bertz CT molecular complexity index is 470. The zero-order valence-corrected chi connectivity index (χ0v) is 11.0. The zero-order valence-electron chi connectivity index (χ0n) is 10.1. The lowest BCUT2D eigenvalue weighted by atomic mass is 10.1. The van der Waals surface area contributed by atoms with E-state index in [0.29, 0.717) is 0 Å². The van der Waals surface area contributed by atoms with Crippen molar-refractivity contribution in [2.24, 2.45) is 0 Å². The van der Waals surface area contributed by atoms with Gasteiger partial charge in [0.05, 0.1) is 0 Å². The molecule has 0 unspecified atom stereocenters. The normalized spacial score (nSPS) is 10.9. The Kier molecular flexibility index (Phi) is 4.83. The van der Waals surface area contributed by atoms with Gasteiger partial charge in [0.1, 0.15) is 0 Å². The minimum atomic E-state index is 0.951. The van der Waals surface area contributed by atoms with Crippen molar-refractivity contribution in [3.63, 3.8) is 0 Å². The van der Waals surface area contributed by atoms with Gasteiger partial charge in [-0.25, -0.2) is 0 Å². The van der Waals surface area contributed by atoms with E-state index in [1.807, 2.05) is 24.2 Å². The molecule has 1 aromatic carbocycles. The Morgan fingerprint density at radius 3 is 3.06 bits per heavy atom. The molecule has 0 radical (unpaired) electrons. The van der Waals surface area contributed by atoms with Crippen molar-refractivity contribution in [3.05, 3.63) is 42.2 Å². The van der Waals surface area contributed by atoms with Crippen LogP contribution in [0.1, 0.15) is 12.0 Å². The number of aromatic nitrogens is 1. The largest absolute Gasteiger partial charge is 0.313 e. The lowest BCUT2D eigenvalue weighted by molar-refractivity contribution is 0.679. The number of hydrogen-bond donors (Lipinski definition) is 1. The van der Waals surface area contributed by atoms with Crippen molar-refractivity contribution < 1.29 is 0 Å². The molecule has 0 saturated heterocycles. The summed E-state index contributed by atoms with van der Waals surface area (Å²) < 4.78 is 0. The smallest absolute Gasteiger partial charge is 0.0346 e. The SMILES string of the molecule is CSCCCNCc1ccc2cnccc2c1. The van der Waals surface area contributed by atoms with Crippen LogP contribution in [0.5, 0.6) is 0 Å². The summed E-state index contributed by atoms with van der Waals surface area (Å²) in [7, 11) is 0. The van der Waals surface area contributed by atoms with Crippen LogP contribution in [0.3, 0.4) is 0 Å². The molecular formula is C14H18N2S. The number of pyridine rings is 1. The van der Waals surface area contributed by atoms with Gasteiger partial charge in [-0.3, -0.25) is 4.98 Å². The Balaban J connectivity index is 1.90. The summed E-state index contributed by atoms with van der Waals surface area (Å²) in [4.78, 5) is 4.12. The number of nitrogens with one attached hydrogen (secondary N) is 1. The molecule has 2 aromatic rings. The molecule has 0 amide bonds. The van der Waals surface area contributed by atoms with E-state index in [0.717, 1.165) is 13.1 Å². The van der Waals surface area contributed by atoms with Crippen LogP contribution in [0.4, 0.5) is 0 Å². The molecule has 0 saturated carbocycles. The van der Waals surface area contributed by atoms with Crippen LogP contribution in [0, 0.1) is 0 Å². The Hall–Kier alpha value is -1.06. The lowest BCUT2D eigenvalue weighted by Crippen LogP contribution is -2.15. The molecule has 0 aliphatic rings. The summed E-state index contributed by atoms with van der Waals surface area (Å²) in [6.07, 6.45) is 7.14. The first-order valence-corrected chi connectivity index (χ1v) is 7.32. The van der Waals surface area contributed by atoms with Gasteiger partial charge >= 0.3 is 0 Å². The lowest BCUT2D eigenvalue weighted by Gasteiger charge is -2.05. The number of thioether (sulfide) groups is 1. The van der Waals surface area contributed by atoms with Crippen LogP contribution in [0.25, 0.3) is 10.8 Å². The minimum absolute atomic E-state index is 0.951. The molecule has 1 heterocycles. The van der Waals surface area contributed by atoms with Crippen LogP contribution in [0.2, 0.25) is 0 Å². The molecule has 0 aliphatic carbocycles. The standard InChI is InChI=1S/C14H18N2S/c1-17-8-2-6-15-10-12-3-4-14-11-16-7-5-13(14)9-12/h3-5,7,9,11,15H,2,6,8,10H2,1H3. The first-order chi connectivity index (χ1) is 8.40. The van der Waals surface area contributed by atoms with Gasteiger partial charge in [-0.15, -0.1) is 0 Å². The molecule has 90 valence electrons. The Morgan fingerprint density at radius 1 is 1.24 bits per heavy atom. The molecule has 0 aliphatic heterocycles. The highest BCUT2D eigenvalue weighted by atomic mass is 32.2. The van der Waals surface area contributed by atoms with E-state index in [9.17, 15) is 0 Å². The van der Waals surface area contributed by atoms with Crippen molar-refractivity contribution in [1.29, 1.82) is 0 Å². The summed E-state index contributed by atoms with van der Waals surface area (Å²) in [6.45, 7) is 2.04. The third-order valence-electron chi connectivity index (χ3n) is 2.74. The summed E-state index contributed by atoms with van der Waals surface area (Å²) in [6, 6.07) is 8.61. The summed E-state index contributed by atoms with van der Waals surface area (Å²) >= 11 is 1.90. The molecule has 17 heavy (non-hydrogen) atoms. The van der Waals surface area contributed by atoms with E-state index in [2.05, 4.69) is 40.8 Å². The number of fused-ring (bicyclic) bond motifs is 1. The summed E-state index contributed by atoms with van der Waals surface area (Å²) in [5.74, 6) is 1.23. The average Bonchev–Trinajstić information content (AvgIpc) is 2.38. The number of benzene rings is 1. The van der Waals surface area contributed by atoms with Gasteiger partial charge in [-0.2, -0.15) is 11.8 Å². The molecular weight excluding hydrogens is 228 g/mol. The molecule has 0 spiro atoms. The molecule has 3 heteroatoms. The van der Waals surface area contributed by atoms with Crippen LogP contribution in [0.15, 0.2) is 36.7 Å². The fourth-order valence-electron chi connectivity index (χ4n) is 1.82. The quantitative estimate of drug-likeness (QED) is 0.793. The molecule has 2 nitrogen and oxygen atoms in total. The van der Waals surface area contributed by atoms with Gasteiger partial charge in [0, 0.05) is 24.3 Å². The highest BCUT2D eigenvalue weighted by molar-refractivity contribution is 7.98. The first kappa shape index (κ1) is 12.4. The fourth-order valence-corrected chi connectivity index (χ4v) is 2.25. The van der Waals surface area contributed by atoms with Crippen LogP contribution < -0.4 is 5.32 Å². The van der Waals surface area contributed by atoms with E-state index in [1.54, 1.807) is 0 Å². The third-order valence-corrected chi connectivity index (χ3v) is 3.43. The van der Waals surface area contributed by atoms with Gasteiger partial charge in [0.2, 0.25) is 0 Å². The van der Waals surface area contributed by atoms with Gasteiger partial charge < -0.3 is 5.32 Å². The maximum Gasteiger partial charge on any atom is 0.0346 e. The fraction of sp³-hybridized carbons (Fsp3) is 0.357. The minimum Gasteiger partial charge on any atom is -0.313 e. The van der Waals surface area contributed by atoms with Gasteiger partial charge in [0.15, 0.2) is 0 Å². The predicted octanol–water partition coefficient (Wildman–Crippen LogP) is 3.08. The third kappa shape index (κ3) is 3.72. The molecule has 0 bridgehead atoms. The maximum absolute atomic E-state index is 4.12. The average molecular weight is 246 g/mol.